The van der Waals surface area contributed by atoms with Gasteiger partial charge in [-0.25, -0.2) is 4.98 Å². The molecule has 2 aromatic carbocycles. The average Bonchev–Trinajstić information content (AvgIpc) is 3.00. The molecule has 0 spiro atoms. The molecule has 2 nitrogen and oxygen atoms in total. The van der Waals surface area contributed by atoms with Gasteiger partial charge in [0, 0.05) is 15.6 Å². The number of hydrogen-bond acceptors (Lipinski definition) is 2. The molecular formula is C17H10Cl3NO. The summed E-state index contributed by atoms with van der Waals surface area (Å²) in [5.74, 6) is 0.996. The molecule has 0 bridgehead atoms. The number of hydrogen-bond donors (Lipinski definition) is 0. The summed E-state index contributed by atoms with van der Waals surface area (Å²) >= 11 is 18.0. The molecule has 5 heteroatoms. The zero-order chi connectivity index (χ0) is 15.5. The molecule has 22 heavy (non-hydrogen) atoms. The van der Waals surface area contributed by atoms with Gasteiger partial charge in [0.25, 0.3) is 0 Å². The van der Waals surface area contributed by atoms with E-state index in [0.717, 1.165) is 11.1 Å². The van der Waals surface area contributed by atoms with E-state index in [-0.39, 0.29) is 0 Å². The van der Waals surface area contributed by atoms with Crippen molar-refractivity contribution >= 4 is 45.9 Å². The third-order valence-electron chi connectivity index (χ3n) is 3.00. The molecule has 3 aromatic rings. The van der Waals surface area contributed by atoms with Gasteiger partial charge in [0.2, 0.25) is 5.89 Å². The second-order valence-corrected chi connectivity index (χ2v) is 5.86. The van der Waals surface area contributed by atoms with Gasteiger partial charge >= 0.3 is 0 Å². The van der Waals surface area contributed by atoms with E-state index in [4.69, 9.17) is 39.2 Å². The van der Waals surface area contributed by atoms with Crippen LogP contribution in [0.25, 0.3) is 22.4 Å². The molecular weight excluding hydrogens is 341 g/mol. The Morgan fingerprint density at radius 1 is 0.909 bits per heavy atom. The van der Waals surface area contributed by atoms with Crippen LogP contribution in [-0.2, 0) is 0 Å². The molecule has 0 unspecified atom stereocenters. The Kier molecular flexibility index (Phi) is 4.53. The first-order valence-electron chi connectivity index (χ1n) is 6.47. The van der Waals surface area contributed by atoms with Crippen LogP contribution in [0.15, 0.2) is 59.1 Å². The second-order valence-electron chi connectivity index (χ2n) is 4.58. The molecule has 0 radical (unpaired) electrons. The Hall–Kier alpha value is -1.74. The fourth-order valence-corrected chi connectivity index (χ4v) is 2.36. The summed E-state index contributed by atoms with van der Waals surface area (Å²) in [5.41, 5.74) is 1.81. The standard InChI is InChI=1S/C17H10Cl3NO/c18-13-5-1-11(2-6-13)9-15(20)17-21-10-16(22-17)12-3-7-14(19)8-4-12/h1-10H/b15-9+. The summed E-state index contributed by atoms with van der Waals surface area (Å²) in [6.07, 6.45) is 3.41. The van der Waals surface area contributed by atoms with E-state index in [0.29, 0.717) is 26.7 Å². The lowest BCUT2D eigenvalue weighted by molar-refractivity contribution is 0.559. The summed E-state index contributed by atoms with van der Waals surface area (Å²) in [4.78, 5) is 4.20. The Bertz CT molecular complexity index is 805. The molecule has 1 aromatic heterocycles. The predicted octanol–water partition coefficient (Wildman–Crippen LogP) is 6.39. The van der Waals surface area contributed by atoms with Crippen molar-refractivity contribution in [3.63, 3.8) is 0 Å². The van der Waals surface area contributed by atoms with Crippen LogP contribution in [0.2, 0.25) is 10.0 Å². The van der Waals surface area contributed by atoms with Crippen LogP contribution < -0.4 is 0 Å². The maximum absolute atomic E-state index is 6.26. The lowest BCUT2D eigenvalue weighted by Gasteiger charge is -1.97. The smallest absolute Gasteiger partial charge is 0.238 e. The minimum Gasteiger partial charge on any atom is -0.435 e. The molecule has 110 valence electrons. The van der Waals surface area contributed by atoms with Gasteiger partial charge in [0.1, 0.15) is 5.03 Å². The SMILES string of the molecule is Cl/C(=C/c1ccc(Cl)cc1)c1ncc(-c2ccc(Cl)cc2)o1. The molecule has 0 N–H and O–H groups in total. The highest BCUT2D eigenvalue weighted by molar-refractivity contribution is 6.50. The average molecular weight is 351 g/mol. The van der Waals surface area contributed by atoms with Gasteiger partial charge in [-0.15, -0.1) is 0 Å². The first kappa shape index (κ1) is 15.2. The van der Waals surface area contributed by atoms with Crippen molar-refractivity contribution in [2.75, 3.05) is 0 Å². The van der Waals surface area contributed by atoms with E-state index in [1.165, 1.54) is 0 Å². The molecule has 0 aliphatic carbocycles. The van der Waals surface area contributed by atoms with Gasteiger partial charge in [-0.05, 0) is 48.0 Å². The summed E-state index contributed by atoms with van der Waals surface area (Å²) < 4.78 is 5.69. The van der Waals surface area contributed by atoms with Gasteiger partial charge in [-0.2, -0.15) is 0 Å². The van der Waals surface area contributed by atoms with Crippen molar-refractivity contribution in [2.45, 2.75) is 0 Å². The number of benzene rings is 2. The van der Waals surface area contributed by atoms with Crippen molar-refractivity contribution in [3.05, 3.63) is 76.2 Å². The van der Waals surface area contributed by atoms with Crippen LogP contribution in [0, 0.1) is 0 Å². The van der Waals surface area contributed by atoms with Crippen molar-refractivity contribution in [2.24, 2.45) is 0 Å². The van der Waals surface area contributed by atoms with E-state index >= 15 is 0 Å². The normalized spacial score (nSPS) is 11.7. The first-order valence-corrected chi connectivity index (χ1v) is 7.60. The first-order chi connectivity index (χ1) is 10.6. The maximum Gasteiger partial charge on any atom is 0.238 e. The van der Waals surface area contributed by atoms with Gasteiger partial charge in [-0.1, -0.05) is 46.9 Å². The molecule has 0 saturated carbocycles. The monoisotopic (exact) mass is 349 g/mol. The molecule has 0 aliphatic heterocycles. The summed E-state index contributed by atoms with van der Waals surface area (Å²) in [5, 5.41) is 1.76. The van der Waals surface area contributed by atoms with E-state index in [1.54, 1.807) is 36.5 Å². The van der Waals surface area contributed by atoms with Gasteiger partial charge in [0.15, 0.2) is 5.76 Å². The summed E-state index contributed by atoms with van der Waals surface area (Å²) in [7, 11) is 0. The van der Waals surface area contributed by atoms with E-state index in [2.05, 4.69) is 4.98 Å². The van der Waals surface area contributed by atoms with E-state index in [1.807, 2.05) is 24.3 Å². The van der Waals surface area contributed by atoms with Crippen LogP contribution in [0.4, 0.5) is 0 Å². The topological polar surface area (TPSA) is 26.0 Å². The lowest BCUT2D eigenvalue weighted by Crippen LogP contribution is -1.77. The quantitative estimate of drug-likeness (QED) is 0.547. The molecule has 1 heterocycles. The van der Waals surface area contributed by atoms with Crippen molar-refractivity contribution in [1.29, 1.82) is 0 Å². The third kappa shape index (κ3) is 3.53. The van der Waals surface area contributed by atoms with Crippen LogP contribution in [0.3, 0.4) is 0 Å². The molecule has 0 fully saturated rings. The number of nitrogens with zero attached hydrogens (tertiary/aromatic N) is 1. The van der Waals surface area contributed by atoms with Crippen LogP contribution in [0.5, 0.6) is 0 Å². The summed E-state index contributed by atoms with van der Waals surface area (Å²) in [6, 6.07) is 14.7. The van der Waals surface area contributed by atoms with E-state index < -0.39 is 0 Å². The number of aromatic nitrogens is 1. The Labute approximate surface area is 143 Å². The fourth-order valence-electron chi connectivity index (χ4n) is 1.90. The third-order valence-corrected chi connectivity index (χ3v) is 3.78. The highest BCUT2D eigenvalue weighted by Crippen LogP contribution is 2.27. The van der Waals surface area contributed by atoms with Gasteiger partial charge in [0.05, 0.1) is 6.20 Å². The maximum atomic E-state index is 6.26. The minimum absolute atomic E-state index is 0.363. The summed E-state index contributed by atoms with van der Waals surface area (Å²) in [6.45, 7) is 0. The van der Waals surface area contributed by atoms with Crippen molar-refractivity contribution in [3.8, 4) is 11.3 Å². The Morgan fingerprint density at radius 2 is 1.50 bits per heavy atom. The predicted molar refractivity (Wildman–Crippen MR) is 92.1 cm³/mol. The highest BCUT2D eigenvalue weighted by atomic mass is 35.5. The Balaban J connectivity index is 1.86. The van der Waals surface area contributed by atoms with Crippen LogP contribution in [-0.4, -0.2) is 4.98 Å². The van der Waals surface area contributed by atoms with Crippen molar-refractivity contribution in [1.82, 2.24) is 4.98 Å². The zero-order valence-electron chi connectivity index (χ0n) is 11.3. The molecule has 0 aliphatic rings. The zero-order valence-corrected chi connectivity index (χ0v) is 13.5. The number of rotatable bonds is 3. The largest absolute Gasteiger partial charge is 0.435 e. The lowest BCUT2D eigenvalue weighted by atomic mass is 10.2. The molecule has 0 saturated heterocycles. The number of halogens is 3. The molecule has 0 atom stereocenters. The van der Waals surface area contributed by atoms with Crippen LogP contribution in [0.1, 0.15) is 11.5 Å². The molecule has 0 amide bonds. The fraction of sp³-hybridized carbons (Fsp3) is 0. The van der Waals surface area contributed by atoms with Crippen molar-refractivity contribution < 1.29 is 4.42 Å². The highest BCUT2D eigenvalue weighted by Gasteiger charge is 2.09. The van der Waals surface area contributed by atoms with Gasteiger partial charge < -0.3 is 4.42 Å². The van der Waals surface area contributed by atoms with Crippen LogP contribution >= 0.6 is 34.8 Å². The Morgan fingerprint density at radius 3 is 2.14 bits per heavy atom. The minimum atomic E-state index is 0.363. The van der Waals surface area contributed by atoms with Gasteiger partial charge in [-0.3, -0.25) is 0 Å². The second kappa shape index (κ2) is 6.57. The molecule has 3 rings (SSSR count). The van der Waals surface area contributed by atoms with E-state index in [9.17, 15) is 0 Å². The number of oxazole rings is 1.